The molecule has 1 aromatic carbocycles. The average Bonchev–Trinajstić information content (AvgIpc) is 2.49. The molecule has 1 rings (SSSR count). The van der Waals surface area contributed by atoms with Crippen molar-refractivity contribution in [1.82, 2.24) is 0 Å². The number of hydrogen-bond acceptors (Lipinski definition) is 5. The summed E-state index contributed by atoms with van der Waals surface area (Å²) in [5, 5.41) is 9.02. The molecule has 0 aliphatic heterocycles. The first kappa shape index (κ1) is 15.7. The lowest BCUT2D eigenvalue weighted by molar-refractivity contribution is -0.140. The van der Waals surface area contributed by atoms with Gasteiger partial charge in [-0.2, -0.15) is 5.26 Å². The molecule has 20 heavy (non-hydrogen) atoms. The fourth-order valence-corrected chi connectivity index (χ4v) is 1.47. The van der Waals surface area contributed by atoms with Crippen LogP contribution in [0.2, 0.25) is 0 Å². The second-order valence-electron chi connectivity index (χ2n) is 3.93. The SMILES string of the molecule is CCOCCOC(=O)C(C#N)=CN(C)c1ccccc1. The Bertz CT molecular complexity index is 492. The van der Waals surface area contributed by atoms with Crippen LogP contribution in [0.15, 0.2) is 42.1 Å². The van der Waals surface area contributed by atoms with Gasteiger partial charge in [-0.15, -0.1) is 0 Å². The van der Waals surface area contributed by atoms with Crippen molar-refractivity contribution >= 4 is 11.7 Å². The molecule has 0 N–H and O–H groups in total. The van der Waals surface area contributed by atoms with E-state index in [1.165, 1.54) is 6.20 Å². The van der Waals surface area contributed by atoms with Crippen LogP contribution in [0.5, 0.6) is 0 Å². The van der Waals surface area contributed by atoms with Gasteiger partial charge >= 0.3 is 5.97 Å². The molecular formula is C15H18N2O3. The van der Waals surface area contributed by atoms with Crippen LogP contribution in [0.3, 0.4) is 0 Å². The van der Waals surface area contributed by atoms with Crippen molar-refractivity contribution in [3.05, 3.63) is 42.1 Å². The molecule has 0 aliphatic rings. The fraction of sp³-hybridized carbons (Fsp3) is 0.333. The first-order valence-corrected chi connectivity index (χ1v) is 6.33. The molecule has 5 heteroatoms. The van der Waals surface area contributed by atoms with Crippen molar-refractivity contribution in [2.75, 3.05) is 31.8 Å². The molecule has 0 spiro atoms. The van der Waals surface area contributed by atoms with Crippen LogP contribution in [0, 0.1) is 11.3 Å². The van der Waals surface area contributed by atoms with E-state index >= 15 is 0 Å². The largest absolute Gasteiger partial charge is 0.459 e. The number of nitrogens with zero attached hydrogens (tertiary/aromatic N) is 2. The third-order valence-electron chi connectivity index (χ3n) is 2.49. The maximum absolute atomic E-state index is 11.7. The van der Waals surface area contributed by atoms with E-state index in [4.69, 9.17) is 14.7 Å². The highest BCUT2D eigenvalue weighted by Crippen LogP contribution is 2.12. The van der Waals surface area contributed by atoms with Gasteiger partial charge in [0.15, 0.2) is 5.57 Å². The third kappa shape index (κ3) is 5.12. The molecule has 0 aromatic heterocycles. The van der Waals surface area contributed by atoms with Gasteiger partial charge in [0.25, 0.3) is 0 Å². The third-order valence-corrected chi connectivity index (χ3v) is 2.49. The highest BCUT2D eigenvalue weighted by atomic mass is 16.6. The molecule has 0 radical (unpaired) electrons. The van der Waals surface area contributed by atoms with E-state index < -0.39 is 5.97 Å². The average molecular weight is 274 g/mol. The van der Waals surface area contributed by atoms with Crippen molar-refractivity contribution < 1.29 is 14.3 Å². The number of nitriles is 1. The summed E-state index contributed by atoms with van der Waals surface area (Å²) in [6.07, 6.45) is 1.46. The number of rotatable bonds is 7. The minimum absolute atomic E-state index is 0.0483. The lowest BCUT2D eigenvalue weighted by Crippen LogP contribution is -2.16. The standard InChI is InChI=1S/C15H18N2O3/c1-3-19-9-10-20-15(18)13(11-16)12-17(2)14-7-5-4-6-8-14/h4-8,12H,3,9-10H2,1-2H3. The van der Waals surface area contributed by atoms with Crippen LogP contribution < -0.4 is 4.90 Å². The summed E-state index contributed by atoms with van der Waals surface area (Å²) in [6.45, 7) is 2.89. The summed E-state index contributed by atoms with van der Waals surface area (Å²) in [6, 6.07) is 11.3. The molecule has 0 bridgehead atoms. The first-order chi connectivity index (χ1) is 9.69. The highest BCUT2D eigenvalue weighted by molar-refractivity contribution is 5.93. The summed E-state index contributed by atoms with van der Waals surface area (Å²) in [7, 11) is 1.76. The Hall–Kier alpha value is -2.32. The number of carbonyl (C=O) groups is 1. The molecule has 1 aromatic rings. The van der Waals surface area contributed by atoms with Gasteiger partial charge < -0.3 is 14.4 Å². The lowest BCUT2D eigenvalue weighted by atomic mass is 10.2. The van der Waals surface area contributed by atoms with E-state index in [9.17, 15) is 4.79 Å². The molecule has 0 heterocycles. The van der Waals surface area contributed by atoms with Gasteiger partial charge in [0, 0.05) is 25.5 Å². The summed E-state index contributed by atoms with van der Waals surface area (Å²) in [5.74, 6) is -0.644. The van der Waals surface area contributed by atoms with Gasteiger partial charge in [-0.1, -0.05) is 18.2 Å². The minimum Gasteiger partial charge on any atom is -0.459 e. The summed E-state index contributed by atoms with van der Waals surface area (Å²) >= 11 is 0. The van der Waals surface area contributed by atoms with Gasteiger partial charge in [0.05, 0.1) is 6.61 Å². The van der Waals surface area contributed by atoms with Gasteiger partial charge in [-0.3, -0.25) is 0 Å². The topological polar surface area (TPSA) is 62.6 Å². The number of esters is 1. The van der Waals surface area contributed by atoms with E-state index in [0.717, 1.165) is 5.69 Å². The molecule has 0 atom stereocenters. The molecule has 106 valence electrons. The second-order valence-corrected chi connectivity index (χ2v) is 3.93. The predicted octanol–water partition coefficient (Wildman–Crippen LogP) is 2.11. The first-order valence-electron chi connectivity index (χ1n) is 6.33. The molecule has 0 saturated carbocycles. The quantitative estimate of drug-likeness (QED) is 0.330. The molecule has 0 amide bonds. The zero-order valence-corrected chi connectivity index (χ0v) is 11.7. The van der Waals surface area contributed by atoms with Crippen molar-refractivity contribution in [1.29, 1.82) is 5.26 Å². The Balaban J connectivity index is 2.63. The normalized spacial score (nSPS) is 10.8. The Kier molecular flexibility index (Phi) is 6.87. The zero-order chi connectivity index (χ0) is 14.8. The van der Waals surface area contributed by atoms with Gasteiger partial charge in [0.2, 0.25) is 0 Å². The molecule has 0 aliphatic carbocycles. The number of anilines is 1. The molecule has 5 nitrogen and oxygen atoms in total. The highest BCUT2D eigenvalue weighted by Gasteiger charge is 2.11. The summed E-state index contributed by atoms with van der Waals surface area (Å²) in [5.41, 5.74) is 0.829. The van der Waals surface area contributed by atoms with E-state index in [2.05, 4.69) is 0 Å². The molecule has 0 saturated heterocycles. The van der Waals surface area contributed by atoms with Crippen LogP contribution in [0.1, 0.15) is 6.92 Å². The molecule has 0 unspecified atom stereocenters. The smallest absolute Gasteiger partial charge is 0.350 e. The van der Waals surface area contributed by atoms with Gasteiger partial charge in [-0.25, -0.2) is 4.79 Å². The molecule has 0 fully saturated rings. The fourth-order valence-electron chi connectivity index (χ4n) is 1.47. The van der Waals surface area contributed by atoms with Crippen molar-refractivity contribution in [3.8, 4) is 6.07 Å². The monoisotopic (exact) mass is 274 g/mol. The van der Waals surface area contributed by atoms with Crippen LogP contribution in [-0.2, 0) is 14.3 Å². The Morgan fingerprint density at radius 1 is 1.35 bits per heavy atom. The Morgan fingerprint density at radius 2 is 2.05 bits per heavy atom. The number of ether oxygens (including phenoxy) is 2. The number of carbonyl (C=O) groups excluding carboxylic acids is 1. The van der Waals surface area contributed by atoms with Gasteiger partial charge in [0.1, 0.15) is 12.7 Å². The zero-order valence-electron chi connectivity index (χ0n) is 11.7. The minimum atomic E-state index is -0.644. The summed E-state index contributed by atoms with van der Waals surface area (Å²) in [4.78, 5) is 13.4. The Labute approximate surface area is 119 Å². The van der Waals surface area contributed by atoms with Crippen LogP contribution >= 0.6 is 0 Å². The Morgan fingerprint density at radius 3 is 2.65 bits per heavy atom. The van der Waals surface area contributed by atoms with E-state index in [0.29, 0.717) is 13.2 Å². The van der Waals surface area contributed by atoms with Crippen molar-refractivity contribution in [2.24, 2.45) is 0 Å². The van der Waals surface area contributed by atoms with Crippen LogP contribution in [0.25, 0.3) is 0 Å². The summed E-state index contributed by atoms with van der Waals surface area (Å²) < 4.78 is 10.0. The van der Waals surface area contributed by atoms with Crippen LogP contribution in [-0.4, -0.2) is 32.8 Å². The van der Waals surface area contributed by atoms with Crippen molar-refractivity contribution in [3.63, 3.8) is 0 Å². The van der Waals surface area contributed by atoms with Crippen molar-refractivity contribution in [2.45, 2.75) is 6.92 Å². The number of para-hydroxylation sites is 1. The van der Waals surface area contributed by atoms with E-state index in [1.807, 2.05) is 43.3 Å². The van der Waals surface area contributed by atoms with Gasteiger partial charge in [-0.05, 0) is 19.1 Å². The van der Waals surface area contributed by atoms with E-state index in [-0.39, 0.29) is 12.2 Å². The lowest BCUT2D eigenvalue weighted by Gasteiger charge is -2.14. The van der Waals surface area contributed by atoms with E-state index in [1.54, 1.807) is 11.9 Å². The number of hydrogen-bond donors (Lipinski definition) is 0. The maximum Gasteiger partial charge on any atom is 0.350 e. The predicted molar refractivity (Wildman–Crippen MR) is 76.0 cm³/mol. The van der Waals surface area contributed by atoms with Crippen LogP contribution in [0.4, 0.5) is 5.69 Å². The molecular weight excluding hydrogens is 256 g/mol. The second kappa shape index (κ2) is 8.73. The maximum atomic E-state index is 11.7. The number of benzene rings is 1.